The van der Waals surface area contributed by atoms with E-state index in [9.17, 15) is 0 Å². The zero-order valence-electron chi connectivity index (χ0n) is 11.7. The van der Waals surface area contributed by atoms with Crippen LogP contribution in [0.4, 0.5) is 0 Å². The van der Waals surface area contributed by atoms with Gasteiger partial charge in [-0.1, -0.05) is 32.9 Å². The highest BCUT2D eigenvalue weighted by Gasteiger charge is 2.27. The first kappa shape index (κ1) is 14.0. The van der Waals surface area contributed by atoms with Crippen LogP contribution in [0.1, 0.15) is 32.8 Å². The normalized spacial score (nSPS) is 14.7. The van der Waals surface area contributed by atoms with Crippen molar-refractivity contribution in [3.05, 3.63) is 29.8 Å². The lowest BCUT2D eigenvalue weighted by Crippen LogP contribution is -2.35. The Bertz CT molecular complexity index is 349. The quantitative estimate of drug-likeness (QED) is 0.817. The molecule has 2 heteroatoms. The Morgan fingerprint density at radius 2 is 2.06 bits per heavy atom. The van der Waals surface area contributed by atoms with Crippen molar-refractivity contribution < 1.29 is 4.74 Å². The third kappa shape index (κ3) is 3.74. The lowest BCUT2D eigenvalue weighted by molar-refractivity contribution is 0.354. The number of rotatable bonds is 6. The van der Waals surface area contributed by atoms with Gasteiger partial charge in [-0.15, -0.1) is 0 Å². The van der Waals surface area contributed by atoms with Crippen LogP contribution >= 0.6 is 0 Å². The van der Waals surface area contributed by atoms with Gasteiger partial charge in [0.25, 0.3) is 0 Å². The summed E-state index contributed by atoms with van der Waals surface area (Å²) in [6, 6.07) is 8.42. The van der Waals surface area contributed by atoms with Crippen LogP contribution in [0.5, 0.6) is 5.75 Å². The second kappa shape index (κ2) is 6.06. The van der Waals surface area contributed by atoms with Crippen molar-refractivity contribution in [3.8, 4) is 5.75 Å². The standard InChI is InChI=1S/C15H25NO/c1-12(2)10-15(3,11-16-4)13-7-6-8-14(9-13)17-5/h6-9,12,16H,10-11H2,1-5H3. The predicted octanol–water partition coefficient (Wildman–Crippen LogP) is 3.22. The third-order valence-corrected chi connectivity index (χ3v) is 3.19. The van der Waals surface area contributed by atoms with Crippen LogP contribution in [0.15, 0.2) is 24.3 Å². The number of likely N-dealkylation sites (N-methyl/N-ethyl adjacent to an activating group) is 1. The van der Waals surface area contributed by atoms with E-state index >= 15 is 0 Å². The Kier molecular flexibility index (Phi) is 5.01. The summed E-state index contributed by atoms with van der Waals surface area (Å²) in [6.07, 6.45) is 1.17. The summed E-state index contributed by atoms with van der Waals surface area (Å²) >= 11 is 0. The Balaban J connectivity index is 3.03. The van der Waals surface area contributed by atoms with Crippen molar-refractivity contribution in [1.82, 2.24) is 5.32 Å². The molecule has 0 radical (unpaired) electrons. The Morgan fingerprint density at radius 1 is 1.35 bits per heavy atom. The van der Waals surface area contributed by atoms with Crippen LogP contribution in [0.2, 0.25) is 0 Å². The van der Waals surface area contributed by atoms with Gasteiger partial charge in [-0.05, 0) is 37.1 Å². The molecule has 0 bridgehead atoms. The Hall–Kier alpha value is -1.02. The highest BCUT2D eigenvalue weighted by molar-refractivity contribution is 5.34. The summed E-state index contributed by atoms with van der Waals surface area (Å²) in [5.41, 5.74) is 1.51. The summed E-state index contributed by atoms with van der Waals surface area (Å²) < 4.78 is 5.31. The van der Waals surface area contributed by atoms with Crippen LogP contribution in [-0.2, 0) is 5.41 Å². The lowest BCUT2D eigenvalue weighted by Gasteiger charge is -2.32. The predicted molar refractivity (Wildman–Crippen MR) is 73.7 cm³/mol. The number of ether oxygens (including phenoxy) is 1. The minimum Gasteiger partial charge on any atom is -0.497 e. The van der Waals surface area contributed by atoms with Gasteiger partial charge in [0.15, 0.2) is 0 Å². The molecule has 0 spiro atoms. The van der Waals surface area contributed by atoms with Gasteiger partial charge in [-0.2, -0.15) is 0 Å². The van der Waals surface area contributed by atoms with E-state index < -0.39 is 0 Å². The number of methoxy groups -OCH3 is 1. The van der Waals surface area contributed by atoms with Crippen LogP contribution < -0.4 is 10.1 Å². The largest absolute Gasteiger partial charge is 0.497 e. The molecule has 1 N–H and O–H groups in total. The van der Waals surface area contributed by atoms with E-state index in [0.717, 1.165) is 12.3 Å². The van der Waals surface area contributed by atoms with Crippen molar-refractivity contribution in [3.63, 3.8) is 0 Å². The second-order valence-electron chi connectivity index (χ2n) is 5.42. The molecule has 1 atom stereocenters. The van der Waals surface area contributed by atoms with Gasteiger partial charge in [0.05, 0.1) is 7.11 Å². The van der Waals surface area contributed by atoms with Gasteiger partial charge in [-0.25, -0.2) is 0 Å². The average Bonchev–Trinajstić information content (AvgIpc) is 2.28. The summed E-state index contributed by atoms with van der Waals surface area (Å²) in [7, 11) is 3.73. The first-order chi connectivity index (χ1) is 8.01. The first-order valence-corrected chi connectivity index (χ1v) is 6.31. The molecule has 0 saturated carbocycles. The number of hydrogen-bond acceptors (Lipinski definition) is 2. The van der Waals surface area contributed by atoms with Crippen molar-refractivity contribution >= 4 is 0 Å². The van der Waals surface area contributed by atoms with Gasteiger partial charge in [-0.3, -0.25) is 0 Å². The van der Waals surface area contributed by atoms with Crippen molar-refractivity contribution in [1.29, 1.82) is 0 Å². The molecule has 0 aliphatic carbocycles. The molecule has 17 heavy (non-hydrogen) atoms. The zero-order valence-corrected chi connectivity index (χ0v) is 11.7. The smallest absolute Gasteiger partial charge is 0.119 e. The van der Waals surface area contributed by atoms with Gasteiger partial charge in [0, 0.05) is 12.0 Å². The average molecular weight is 235 g/mol. The molecule has 1 unspecified atom stereocenters. The molecule has 96 valence electrons. The first-order valence-electron chi connectivity index (χ1n) is 6.31. The van der Waals surface area contributed by atoms with E-state index in [1.807, 2.05) is 13.1 Å². The van der Waals surface area contributed by atoms with E-state index in [-0.39, 0.29) is 5.41 Å². The molecule has 0 fully saturated rings. The molecular weight excluding hydrogens is 210 g/mol. The van der Waals surface area contributed by atoms with Gasteiger partial charge in [0.1, 0.15) is 5.75 Å². The number of benzene rings is 1. The molecule has 2 nitrogen and oxygen atoms in total. The van der Waals surface area contributed by atoms with Crippen LogP contribution in [0.25, 0.3) is 0 Å². The Labute approximate surface area is 105 Å². The summed E-state index contributed by atoms with van der Waals surface area (Å²) in [4.78, 5) is 0. The lowest BCUT2D eigenvalue weighted by atomic mass is 9.76. The SMILES string of the molecule is CNCC(C)(CC(C)C)c1cccc(OC)c1. The van der Waals surface area contributed by atoms with E-state index in [1.54, 1.807) is 7.11 Å². The third-order valence-electron chi connectivity index (χ3n) is 3.19. The molecule has 1 aromatic rings. The fourth-order valence-corrected chi connectivity index (χ4v) is 2.58. The molecule has 1 aromatic carbocycles. The van der Waals surface area contributed by atoms with Gasteiger partial charge >= 0.3 is 0 Å². The monoisotopic (exact) mass is 235 g/mol. The molecule has 0 aliphatic heterocycles. The highest BCUT2D eigenvalue weighted by atomic mass is 16.5. The molecule has 0 amide bonds. The molecule has 0 heterocycles. The topological polar surface area (TPSA) is 21.3 Å². The molecule has 0 aliphatic rings. The zero-order chi connectivity index (χ0) is 12.9. The maximum atomic E-state index is 5.31. The molecule has 0 aromatic heterocycles. The summed E-state index contributed by atoms with van der Waals surface area (Å²) in [5.74, 6) is 1.62. The van der Waals surface area contributed by atoms with Gasteiger partial charge in [0.2, 0.25) is 0 Å². The molecule has 1 rings (SSSR count). The van der Waals surface area contributed by atoms with E-state index in [2.05, 4.69) is 44.3 Å². The molecule has 0 saturated heterocycles. The number of hydrogen-bond donors (Lipinski definition) is 1. The van der Waals surface area contributed by atoms with Gasteiger partial charge < -0.3 is 10.1 Å². The maximum Gasteiger partial charge on any atom is 0.119 e. The minimum absolute atomic E-state index is 0.164. The maximum absolute atomic E-state index is 5.31. The van der Waals surface area contributed by atoms with Crippen molar-refractivity contribution in [2.75, 3.05) is 20.7 Å². The van der Waals surface area contributed by atoms with Crippen LogP contribution in [0, 0.1) is 5.92 Å². The minimum atomic E-state index is 0.164. The number of nitrogens with one attached hydrogen (secondary N) is 1. The fraction of sp³-hybridized carbons (Fsp3) is 0.600. The summed E-state index contributed by atoms with van der Waals surface area (Å²) in [6.45, 7) is 7.85. The molecular formula is C15H25NO. The Morgan fingerprint density at radius 3 is 2.59 bits per heavy atom. The highest BCUT2D eigenvalue weighted by Crippen LogP contribution is 2.32. The second-order valence-corrected chi connectivity index (χ2v) is 5.42. The van der Waals surface area contributed by atoms with Crippen molar-refractivity contribution in [2.24, 2.45) is 5.92 Å². The van der Waals surface area contributed by atoms with E-state index in [4.69, 9.17) is 4.74 Å². The summed E-state index contributed by atoms with van der Waals surface area (Å²) in [5, 5.41) is 3.31. The van der Waals surface area contributed by atoms with E-state index in [1.165, 1.54) is 12.0 Å². The van der Waals surface area contributed by atoms with Crippen LogP contribution in [-0.4, -0.2) is 20.7 Å². The van der Waals surface area contributed by atoms with Crippen molar-refractivity contribution in [2.45, 2.75) is 32.6 Å². The van der Waals surface area contributed by atoms with E-state index in [0.29, 0.717) is 5.92 Å². The van der Waals surface area contributed by atoms with Crippen LogP contribution in [0.3, 0.4) is 0 Å². The fourth-order valence-electron chi connectivity index (χ4n) is 2.58.